The molecule has 8 heteroatoms. The smallest absolute Gasteiger partial charge is 0.423 e. The lowest BCUT2D eigenvalue weighted by atomic mass is 9.81. The molecule has 0 spiro atoms. The maximum absolute atomic E-state index is 8.63. The van der Waals surface area contributed by atoms with Crippen LogP contribution in [-0.4, -0.2) is 27.0 Å². The van der Waals surface area contributed by atoms with Crippen LogP contribution in [0.2, 0.25) is 10.0 Å². The molecule has 0 atom stereocenters. The molecule has 8 rings (SSSR count). The van der Waals surface area contributed by atoms with Crippen LogP contribution in [0.1, 0.15) is 7.43 Å². The molecule has 0 heterocycles. The maximum Gasteiger partial charge on any atom is 0.488 e. The Bertz CT molecular complexity index is 2330. The van der Waals surface area contributed by atoms with Gasteiger partial charge in [0.05, 0.1) is 0 Å². The molecule has 0 aliphatic rings. The van der Waals surface area contributed by atoms with E-state index in [9.17, 15) is 0 Å². The highest BCUT2D eigenvalue weighted by Gasteiger charge is 2.09. The number of hydrogen-bond donors (Lipinski definition) is 2. The van der Waals surface area contributed by atoms with Gasteiger partial charge in [0, 0.05) is 14.5 Å². The third-order valence-corrected chi connectivity index (χ3v) is 9.24. The molecule has 0 unspecified atom stereocenters. The number of fused-ring (bicyclic) bond motifs is 2. The Labute approximate surface area is 372 Å². The Kier molecular flexibility index (Phi) is 20.5. The zero-order valence-corrected chi connectivity index (χ0v) is 37.1. The predicted molar refractivity (Wildman–Crippen MR) is 265 cm³/mol. The van der Waals surface area contributed by atoms with Crippen molar-refractivity contribution in [3.05, 3.63) is 197 Å². The van der Waals surface area contributed by atoms with E-state index in [1.54, 1.807) is 24.3 Å². The van der Waals surface area contributed by atoms with Crippen LogP contribution in [0.5, 0.6) is 0 Å². The Balaban J connectivity index is 0.000000224. The van der Waals surface area contributed by atoms with Gasteiger partial charge in [-0.1, -0.05) is 231 Å². The number of halogens is 5. The van der Waals surface area contributed by atoms with Crippen molar-refractivity contribution in [1.82, 2.24) is 0 Å². The largest absolute Gasteiger partial charge is 0.488 e. The first kappa shape index (κ1) is 46.2. The number of benzene rings is 8. The first-order valence-corrected chi connectivity index (χ1v) is 22.7. The van der Waals surface area contributed by atoms with Gasteiger partial charge >= 0.3 is 7.12 Å². The summed E-state index contributed by atoms with van der Waals surface area (Å²) in [6.45, 7) is 0. The molecule has 280 valence electrons. The fourth-order valence-corrected chi connectivity index (χ4v) is 6.33. The van der Waals surface area contributed by atoms with E-state index in [4.69, 9.17) is 33.2 Å². The van der Waals surface area contributed by atoms with E-state index in [1.165, 1.54) is 54.9 Å². The van der Waals surface area contributed by atoms with Crippen molar-refractivity contribution in [3.8, 4) is 33.4 Å². The SMILES string of the molecule is Brc1ccc2cccc(-c3ccccc3)c2c1.C.CI.CI.Clc1ccc(-c2ccc3cccc(-c4ccccc4)c3c2)cc1.OB(O)c1ccc(Cl)cc1. The molecule has 0 saturated carbocycles. The Hall–Kier alpha value is -3.22. The summed E-state index contributed by atoms with van der Waals surface area (Å²) in [4.78, 5) is 3.94. The average molecular weight is 1050 g/mol. The molecule has 0 aromatic heterocycles. The summed E-state index contributed by atoms with van der Waals surface area (Å²) in [6.07, 6.45) is 0. The first-order valence-electron chi connectivity index (χ1n) is 16.8. The average Bonchev–Trinajstić information content (AvgIpc) is 3.23. The molecule has 55 heavy (non-hydrogen) atoms. The molecule has 0 aliphatic heterocycles. The zero-order valence-electron chi connectivity index (χ0n) is 29.7. The van der Waals surface area contributed by atoms with Crippen LogP contribution in [0.4, 0.5) is 0 Å². The predicted octanol–water partition coefficient (Wildman–Crippen LogP) is 14.9. The maximum atomic E-state index is 8.63. The Morgan fingerprint density at radius 2 is 0.855 bits per heavy atom. The van der Waals surface area contributed by atoms with Crippen LogP contribution >= 0.6 is 84.3 Å². The molecule has 2 N–H and O–H groups in total. The highest BCUT2D eigenvalue weighted by atomic mass is 127. The van der Waals surface area contributed by atoms with Crippen LogP contribution in [0.25, 0.3) is 54.9 Å². The second-order valence-electron chi connectivity index (χ2n) is 11.6. The summed E-state index contributed by atoms with van der Waals surface area (Å²) in [6, 6.07) is 61.3. The van der Waals surface area contributed by atoms with Crippen molar-refractivity contribution in [2.45, 2.75) is 7.43 Å². The lowest BCUT2D eigenvalue weighted by molar-refractivity contribution is 0.426. The fraction of sp³-hybridized carbons (Fsp3) is 0.0638. The van der Waals surface area contributed by atoms with Gasteiger partial charge in [-0.3, -0.25) is 0 Å². The van der Waals surface area contributed by atoms with E-state index < -0.39 is 7.12 Å². The monoisotopic (exact) mass is 1050 g/mol. The van der Waals surface area contributed by atoms with Crippen molar-refractivity contribution in [2.75, 3.05) is 9.86 Å². The number of rotatable bonds is 4. The third kappa shape index (κ3) is 13.5. The summed E-state index contributed by atoms with van der Waals surface area (Å²) in [5.74, 6) is 0. The molecule has 0 saturated heterocycles. The van der Waals surface area contributed by atoms with E-state index in [0.29, 0.717) is 10.5 Å². The third-order valence-electron chi connectivity index (χ3n) is 8.24. The van der Waals surface area contributed by atoms with E-state index in [2.05, 4.69) is 195 Å². The quantitative estimate of drug-likeness (QED) is 0.105. The Morgan fingerprint density at radius 1 is 0.436 bits per heavy atom. The van der Waals surface area contributed by atoms with Gasteiger partial charge in [-0.25, -0.2) is 0 Å². The van der Waals surface area contributed by atoms with Gasteiger partial charge in [0.2, 0.25) is 0 Å². The van der Waals surface area contributed by atoms with E-state index in [0.717, 1.165) is 9.50 Å². The van der Waals surface area contributed by atoms with Crippen molar-refractivity contribution >= 4 is 118 Å². The Morgan fingerprint density at radius 3 is 1.33 bits per heavy atom. The lowest BCUT2D eigenvalue weighted by Crippen LogP contribution is -2.29. The molecule has 0 bridgehead atoms. The first-order chi connectivity index (χ1) is 26.4. The summed E-state index contributed by atoms with van der Waals surface area (Å²) >= 11 is 19.4. The molecule has 2 nitrogen and oxygen atoms in total. The molecule has 0 amide bonds. The normalized spacial score (nSPS) is 9.76. The van der Waals surface area contributed by atoms with Crippen molar-refractivity contribution in [1.29, 1.82) is 0 Å². The van der Waals surface area contributed by atoms with Crippen molar-refractivity contribution in [3.63, 3.8) is 0 Å². The van der Waals surface area contributed by atoms with Crippen molar-refractivity contribution < 1.29 is 10.0 Å². The molecule has 0 radical (unpaired) electrons. The summed E-state index contributed by atoms with van der Waals surface area (Å²) in [5, 5.41) is 23.7. The molecule has 8 aromatic carbocycles. The van der Waals surface area contributed by atoms with Crippen LogP contribution in [0.15, 0.2) is 186 Å². The molecular weight excluding hydrogens is 1010 g/mol. The second-order valence-corrected chi connectivity index (χ2v) is 13.4. The van der Waals surface area contributed by atoms with Crippen LogP contribution in [-0.2, 0) is 0 Å². The minimum atomic E-state index is -1.41. The van der Waals surface area contributed by atoms with Gasteiger partial charge in [0.15, 0.2) is 0 Å². The van der Waals surface area contributed by atoms with Gasteiger partial charge in [0.25, 0.3) is 0 Å². The van der Waals surface area contributed by atoms with Crippen molar-refractivity contribution in [2.24, 2.45) is 0 Å². The minimum Gasteiger partial charge on any atom is -0.423 e. The van der Waals surface area contributed by atoms with E-state index in [1.807, 2.05) is 34.1 Å². The number of hydrogen-bond acceptors (Lipinski definition) is 2. The van der Waals surface area contributed by atoms with Gasteiger partial charge in [-0.05, 0) is 113 Å². The van der Waals surface area contributed by atoms with Crippen LogP contribution < -0.4 is 5.46 Å². The molecule has 8 aromatic rings. The van der Waals surface area contributed by atoms with Gasteiger partial charge in [0.1, 0.15) is 0 Å². The molecule has 0 fully saturated rings. The second kappa shape index (κ2) is 24.4. The minimum absolute atomic E-state index is 0. The highest BCUT2D eigenvalue weighted by molar-refractivity contribution is 14.1. The molecule has 0 aliphatic carbocycles. The lowest BCUT2D eigenvalue weighted by Gasteiger charge is -2.09. The number of alkyl halides is 2. The summed E-state index contributed by atoms with van der Waals surface area (Å²) in [7, 11) is -1.41. The molecular formula is C47H42BBrCl2I2O2. The van der Waals surface area contributed by atoms with E-state index >= 15 is 0 Å². The van der Waals surface area contributed by atoms with Gasteiger partial charge in [-0.15, -0.1) is 0 Å². The van der Waals surface area contributed by atoms with Gasteiger partial charge in [-0.2, -0.15) is 0 Å². The zero-order chi connectivity index (χ0) is 38.9. The van der Waals surface area contributed by atoms with Gasteiger partial charge < -0.3 is 10.0 Å². The summed E-state index contributed by atoms with van der Waals surface area (Å²) < 4.78 is 1.12. The highest BCUT2D eigenvalue weighted by Crippen LogP contribution is 2.33. The topological polar surface area (TPSA) is 40.5 Å². The standard InChI is InChI=1S/C22H15Cl.C16H11Br.C6H6BClO2.2CH3I.CH4/c23-20-13-11-16(12-14-20)19-10-9-18-7-4-8-21(22(18)15-19)17-5-2-1-3-6-17;17-14-10-9-13-7-4-8-15(16(13)11-14)12-5-2-1-3-6-12;8-6-3-1-5(2-4-6)7(9)10;2*1-2;/h1-15H;1-11H;1-4,9-10H;2*1H3;1H4. The van der Waals surface area contributed by atoms with Crippen LogP contribution in [0.3, 0.4) is 0 Å². The van der Waals surface area contributed by atoms with E-state index in [-0.39, 0.29) is 7.43 Å². The van der Waals surface area contributed by atoms with Crippen LogP contribution in [0, 0.1) is 0 Å². The summed E-state index contributed by atoms with van der Waals surface area (Å²) in [5.41, 5.74) is 7.88. The fourth-order valence-electron chi connectivity index (χ4n) is 5.71.